The molecule has 0 radical (unpaired) electrons. The first-order valence-corrected chi connectivity index (χ1v) is 10.4. The summed E-state index contributed by atoms with van der Waals surface area (Å²) < 4.78 is 29.4. The lowest BCUT2D eigenvalue weighted by molar-refractivity contribution is -1.02. The van der Waals surface area contributed by atoms with Crippen molar-refractivity contribution in [1.82, 2.24) is 0 Å². The van der Waals surface area contributed by atoms with Crippen LogP contribution in [-0.2, 0) is 16.7 Å². The van der Waals surface area contributed by atoms with Gasteiger partial charge in [0, 0.05) is 5.56 Å². The molecule has 1 fully saturated rings. The number of benzene rings is 2. The molecular weight excluding hydrogens is 336 g/mol. The molecule has 1 aliphatic heterocycles. The van der Waals surface area contributed by atoms with Crippen LogP contribution in [0, 0.1) is 0 Å². The van der Waals surface area contributed by atoms with Crippen molar-refractivity contribution in [3.05, 3.63) is 66.2 Å². The summed E-state index contributed by atoms with van der Waals surface area (Å²) in [7, 11) is -3.52. The first-order valence-electron chi connectivity index (χ1n) is 8.79. The quantitative estimate of drug-likeness (QED) is 0.646. The Kier molecular flexibility index (Phi) is 6.07. The molecule has 0 saturated carbocycles. The van der Waals surface area contributed by atoms with Crippen molar-refractivity contribution in [3.8, 4) is 5.75 Å². The lowest BCUT2D eigenvalue weighted by Crippen LogP contribution is -3.27. The van der Waals surface area contributed by atoms with Gasteiger partial charge < -0.3 is 14.0 Å². The first-order chi connectivity index (χ1) is 12.1. The van der Waals surface area contributed by atoms with Gasteiger partial charge in [-0.2, -0.15) is 8.42 Å². The minimum absolute atomic E-state index is 0.0608. The molecule has 3 rings (SSSR count). The molecule has 0 unspecified atom stereocenters. The van der Waals surface area contributed by atoms with Crippen molar-refractivity contribution in [2.45, 2.75) is 6.54 Å². The summed E-state index contributed by atoms with van der Waals surface area (Å²) >= 11 is 0. The molecular formula is C19H26N2O3S+2. The van der Waals surface area contributed by atoms with E-state index in [0.717, 1.165) is 32.7 Å². The minimum atomic E-state index is -3.52. The van der Waals surface area contributed by atoms with Gasteiger partial charge in [0.25, 0.3) is 0 Å². The molecule has 0 aromatic heterocycles. The van der Waals surface area contributed by atoms with Crippen LogP contribution in [0.5, 0.6) is 5.75 Å². The van der Waals surface area contributed by atoms with Gasteiger partial charge in [0.05, 0.1) is 6.54 Å². The van der Waals surface area contributed by atoms with Crippen LogP contribution >= 0.6 is 0 Å². The molecule has 1 heterocycles. The van der Waals surface area contributed by atoms with Gasteiger partial charge in [0.2, 0.25) is 0 Å². The summed E-state index contributed by atoms with van der Waals surface area (Å²) in [5.41, 5.74) is 1.36. The molecule has 6 heteroatoms. The monoisotopic (exact) mass is 362 g/mol. The maximum Gasteiger partial charge on any atom is 0.314 e. The number of quaternary nitrogens is 2. The van der Waals surface area contributed by atoms with Crippen LogP contribution in [0.15, 0.2) is 60.7 Å². The fourth-order valence-corrected chi connectivity index (χ4v) is 4.23. The smallest absolute Gasteiger partial charge is 0.314 e. The highest BCUT2D eigenvalue weighted by molar-refractivity contribution is 7.87. The van der Waals surface area contributed by atoms with Crippen molar-refractivity contribution in [2.75, 3.05) is 38.5 Å². The number of piperazine rings is 1. The number of hydrogen-bond donors (Lipinski definition) is 2. The van der Waals surface area contributed by atoms with Crippen LogP contribution in [0.2, 0.25) is 0 Å². The predicted molar refractivity (Wildman–Crippen MR) is 97.3 cm³/mol. The largest absolute Gasteiger partial charge is 0.382 e. The van der Waals surface area contributed by atoms with Crippen molar-refractivity contribution in [2.24, 2.45) is 0 Å². The number of para-hydroxylation sites is 1. The fourth-order valence-electron chi connectivity index (χ4n) is 3.20. The highest BCUT2D eigenvalue weighted by atomic mass is 32.2. The van der Waals surface area contributed by atoms with Crippen LogP contribution < -0.4 is 14.0 Å². The molecule has 0 aliphatic carbocycles. The minimum Gasteiger partial charge on any atom is -0.382 e. The zero-order valence-corrected chi connectivity index (χ0v) is 15.2. The molecule has 0 bridgehead atoms. The van der Waals surface area contributed by atoms with E-state index in [0.29, 0.717) is 12.3 Å². The Labute approximate surface area is 150 Å². The average molecular weight is 362 g/mol. The maximum absolute atomic E-state index is 12.1. The zero-order valence-electron chi connectivity index (χ0n) is 14.4. The van der Waals surface area contributed by atoms with Crippen LogP contribution in [-0.4, -0.2) is 46.9 Å². The molecule has 0 amide bonds. The number of rotatable bonds is 7. The molecule has 2 N–H and O–H groups in total. The average Bonchev–Trinajstić information content (AvgIpc) is 2.63. The van der Waals surface area contributed by atoms with Crippen LogP contribution in [0.25, 0.3) is 0 Å². The molecule has 0 spiro atoms. The molecule has 134 valence electrons. The van der Waals surface area contributed by atoms with Gasteiger partial charge in [-0.05, 0) is 12.1 Å². The van der Waals surface area contributed by atoms with Crippen molar-refractivity contribution >= 4 is 10.1 Å². The SMILES string of the molecule is O=S(=O)(CC[NH+]1CC[NH+](Cc2ccccc2)CC1)Oc1ccccc1. The van der Waals surface area contributed by atoms with Gasteiger partial charge in [0.1, 0.15) is 44.2 Å². The molecule has 5 nitrogen and oxygen atoms in total. The summed E-state index contributed by atoms with van der Waals surface area (Å²) in [6.45, 7) is 5.80. The first kappa shape index (κ1) is 17.9. The Morgan fingerprint density at radius 1 is 0.800 bits per heavy atom. The van der Waals surface area contributed by atoms with E-state index >= 15 is 0 Å². The van der Waals surface area contributed by atoms with E-state index in [4.69, 9.17) is 4.18 Å². The molecule has 2 aromatic rings. The molecule has 2 aromatic carbocycles. The number of nitrogens with one attached hydrogen (secondary N) is 2. The van der Waals surface area contributed by atoms with Crippen molar-refractivity contribution in [1.29, 1.82) is 0 Å². The Balaban J connectivity index is 1.41. The van der Waals surface area contributed by atoms with E-state index in [1.807, 2.05) is 12.1 Å². The molecule has 25 heavy (non-hydrogen) atoms. The third-order valence-electron chi connectivity index (χ3n) is 4.63. The maximum atomic E-state index is 12.1. The van der Waals surface area contributed by atoms with Crippen LogP contribution in [0.3, 0.4) is 0 Å². The third-order valence-corrected chi connectivity index (χ3v) is 5.78. The topological polar surface area (TPSA) is 52.2 Å². The summed E-state index contributed by atoms with van der Waals surface area (Å²) in [6, 6.07) is 19.2. The standard InChI is InChI=1S/C19H24N2O3S/c22-25(23,24-19-9-5-2-6-10-19)16-15-20-11-13-21(14-12-20)17-18-7-3-1-4-8-18/h1-10H,11-17H2/p+2. The Bertz CT molecular complexity index is 743. The number of hydrogen-bond acceptors (Lipinski definition) is 3. The normalized spacial score (nSPS) is 21.0. The second-order valence-electron chi connectivity index (χ2n) is 6.57. The van der Waals surface area contributed by atoms with E-state index in [2.05, 4.69) is 24.3 Å². The Morgan fingerprint density at radius 3 is 2.00 bits per heavy atom. The molecule has 1 saturated heterocycles. The summed E-state index contributed by atoms with van der Waals surface area (Å²) in [5.74, 6) is 0.445. The van der Waals surface area contributed by atoms with Gasteiger partial charge in [-0.25, -0.2) is 0 Å². The van der Waals surface area contributed by atoms with Crippen LogP contribution in [0.4, 0.5) is 0 Å². The molecule has 1 aliphatic rings. The Morgan fingerprint density at radius 2 is 1.36 bits per heavy atom. The van der Waals surface area contributed by atoms with E-state index in [1.165, 1.54) is 10.5 Å². The second-order valence-corrected chi connectivity index (χ2v) is 8.26. The van der Waals surface area contributed by atoms with E-state index < -0.39 is 10.1 Å². The van der Waals surface area contributed by atoms with E-state index in [9.17, 15) is 8.42 Å². The summed E-state index contributed by atoms with van der Waals surface area (Å²) in [5, 5.41) is 0. The highest BCUT2D eigenvalue weighted by Gasteiger charge is 2.25. The van der Waals surface area contributed by atoms with Gasteiger partial charge in [-0.3, -0.25) is 0 Å². The lowest BCUT2D eigenvalue weighted by Gasteiger charge is -2.29. The van der Waals surface area contributed by atoms with Crippen molar-refractivity contribution < 1.29 is 22.4 Å². The van der Waals surface area contributed by atoms with E-state index in [-0.39, 0.29) is 5.75 Å². The molecule has 0 atom stereocenters. The van der Waals surface area contributed by atoms with Crippen molar-refractivity contribution in [3.63, 3.8) is 0 Å². The Hall–Kier alpha value is -1.89. The second kappa shape index (κ2) is 8.47. The van der Waals surface area contributed by atoms with Crippen LogP contribution in [0.1, 0.15) is 5.56 Å². The summed E-state index contributed by atoms with van der Waals surface area (Å²) in [4.78, 5) is 2.91. The fraction of sp³-hybridized carbons (Fsp3) is 0.368. The summed E-state index contributed by atoms with van der Waals surface area (Å²) in [6.07, 6.45) is 0. The highest BCUT2D eigenvalue weighted by Crippen LogP contribution is 2.11. The van der Waals surface area contributed by atoms with Gasteiger partial charge in [-0.15, -0.1) is 0 Å². The van der Waals surface area contributed by atoms with Gasteiger partial charge >= 0.3 is 10.1 Å². The van der Waals surface area contributed by atoms with Gasteiger partial charge in [0.15, 0.2) is 0 Å². The lowest BCUT2D eigenvalue weighted by atomic mass is 10.2. The third kappa shape index (κ3) is 5.85. The zero-order chi connectivity index (χ0) is 17.5. The van der Waals surface area contributed by atoms with Gasteiger partial charge in [-0.1, -0.05) is 48.5 Å². The van der Waals surface area contributed by atoms with E-state index in [1.54, 1.807) is 29.2 Å². The predicted octanol–water partition coefficient (Wildman–Crippen LogP) is -0.621.